The predicted molar refractivity (Wildman–Crippen MR) is 61.3 cm³/mol. The number of hydrogen-bond donors (Lipinski definition) is 2. The first kappa shape index (κ1) is 11.3. The Balaban J connectivity index is 1.70. The molecule has 2 aromatic heterocycles. The number of rotatable bonds is 5. The van der Waals surface area contributed by atoms with Gasteiger partial charge in [-0.25, -0.2) is 4.98 Å². The summed E-state index contributed by atoms with van der Waals surface area (Å²) in [6.07, 6.45) is 8.12. The van der Waals surface area contributed by atoms with Crippen LogP contribution < -0.4 is 5.32 Å². The molecule has 2 heterocycles. The Morgan fingerprint density at radius 3 is 3.00 bits per heavy atom. The topological polar surface area (TPSA) is 83.6 Å². The van der Waals surface area contributed by atoms with E-state index in [2.05, 4.69) is 25.5 Å². The van der Waals surface area contributed by atoms with Gasteiger partial charge in [0.25, 0.3) is 5.91 Å². The molecule has 0 atom stereocenters. The molecule has 0 fully saturated rings. The van der Waals surface area contributed by atoms with Crippen molar-refractivity contribution >= 4 is 5.91 Å². The maximum Gasteiger partial charge on any atom is 0.252 e. The van der Waals surface area contributed by atoms with Gasteiger partial charge in [0.05, 0.1) is 18.0 Å². The highest BCUT2D eigenvalue weighted by atomic mass is 16.1. The van der Waals surface area contributed by atoms with Crippen molar-refractivity contribution in [2.45, 2.75) is 12.8 Å². The van der Waals surface area contributed by atoms with Crippen LogP contribution in [0.5, 0.6) is 0 Å². The number of aromatic amines is 1. The monoisotopic (exact) mass is 231 g/mol. The van der Waals surface area contributed by atoms with Gasteiger partial charge in [-0.2, -0.15) is 10.2 Å². The predicted octanol–water partition coefficient (Wildman–Crippen LogP) is 0.562. The third-order valence-corrected chi connectivity index (χ3v) is 2.28. The summed E-state index contributed by atoms with van der Waals surface area (Å²) in [6, 6.07) is 1.63. The largest absolute Gasteiger partial charge is 0.352 e. The molecule has 0 spiro atoms. The number of carbonyl (C=O) groups excluding carboxylic acids is 1. The molecule has 88 valence electrons. The first-order valence-electron chi connectivity index (χ1n) is 5.39. The second-order valence-corrected chi connectivity index (χ2v) is 3.53. The zero-order valence-electron chi connectivity index (χ0n) is 9.26. The molecule has 17 heavy (non-hydrogen) atoms. The first-order chi connectivity index (χ1) is 8.36. The molecule has 0 unspecified atom stereocenters. The molecule has 0 saturated heterocycles. The van der Waals surface area contributed by atoms with Crippen LogP contribution in [0.15, 0.2) is 30.9 Å². The summed E-state index contributed by atoms with van der Waals surface area (Å²) in [5.74, 6) is 0.809. The van der Waals surface area contributed by atoms with E-state index in [1.54, 1.807) is 18.5 Å². The number of carbonyl (C=O) groups is 1. The van der Waals surface area contributed by atoms with Gasteiger partial charge >= 0.3 is 0 Å². The Morgan fingerprint density at radius 1 is 1.35 bits per heavy atom. The van der Waals surface area contributed by atoms with Crippen molar-refractivity contribution in [2.75, 3.05) is 6.54 Å². The molecule has 2 rings (SSSR count). The SMILES string of the molecule is O=C(NCCCc1ncc[nH]1)c1ccnnc1. The Hall–Kier alpha value is -2.24. The van der Waals surface area contributed by atoms with E-state index in [0.29, 0.717) is 12.1 Å². The Bertz CT molecular complexity index is 454. The third kappa shape index (κ3) is 3.37. The highest BCUT2D eigenvalue weighted by molar-refractivity contribution is 5.93. The Labute approximate surface area is 98.5 Å². The van der Waals surface area contributed by atoms with Gasteiger partial charge in [0.2, 0.25) is 0 Å². The van der Waals surface area contributed by atoms with E-state index in [4.69, 9.17) is 0 Å². The molecule has 0 saturated carbocycles. The van der Waals surface area contributed by atoms with E-state index in [-0.39, 0.29) is 5.91 Å². The van der Waals surface area contributed by atoms with E-state index >= 15 is 0 Å². The standard InChI is InChI=1S/C11H13N5O/c17-11(9-3-5-15-16-8-9)14-4-1-2-10-12-6-7-13-10/h3,5-8H,1-2,4H2,(H,12,13)(H,14,17). The van der Waals surface area contributed by atoms with Crippen LogP contribution in [-0.2, 0) is 6.42 Å². The fourth-order valence-electron chi connectivity index (χ4n) is 1.42. The molecule has 6 nitrogen and oxygen atoms in total. The van der Waals surface area contributed by atoms with Crippen molar-refractivity contribution < 1.29 is 4.79 Å². The number of amides is 1. The molecule has 0 aromatic carbocycles. The number of aromatic nitrogens is 4. The highest BCUT2D eigenvalue weighted by Gasteiger charge is 2.04. The van der Waals surface area contributed by atoms with Gasteiger partial charge in [-0.15, -0.1) is 0 Å². The summed E-state index contributed by atoms with van der Waals surface area (Å²) in [5.41, 5.74) is 0.526. The number of nitrogens with zero attached hydrogens (tertiary/aromatic N) is 3. The van der Waals surface area contributed by atoms with Gasteiger partial charge in [0, 0.05) is 25.4 Å². The van der Waals surface area contributed by atoms with Crippen LogP contribution in [0.25, 0.3) is 0 Å². The van der Waals surface area contributed by atoms with Gasteiger partial charge in [0.1, 0.15) is 5.82 Å². The maximum atomic E-state index is 11.6. The zero-order valence-corrected chi connectivity index (χ0v) is 9.26. The van der Waals surface area contributed by atoms with Crippen molar-refractivity contribution in [3.63, 3.8) is 0 Å². The van der Waals surface area contributed by atoms with Gasteiger partial charge in [-0.1, -0.05) is 0 Å². The van der Waals surface area contributed by atoms with Gasteiger partial charge in [-0.05, 0) is 12.5 Å². The first-order valence-corrected chi connectivity index (χ1v) is 5.39. The molecular weight excluding hydrogens is 218 g/mol. The molecular formula is C11H13N5O. The van der Waals surface area contributed by atoms with Crippen LogP contribution in [0, 0.1) is 0 Å². The van der Waals surface area contributed by atoms with Crippen molar-refractivity contribution in [1.82, 2.24) is 25.5 Å². The smallest absolute Gasteiger partial charge is 0.252 e. The highest BCUT2D eigenvalue weighted by Crippen LogP contribution is 1.96. The third-order valence-electron chi connectivity index (χ3n) is 2.28. The molecule has 0 aliphatic rings. The molecule has 0 aliphatic heterocycles. The van der Waals surface area contributed by atoms with E-state index in [9.17, 15) is 4.79 Å². The average molecular weight is 231 g/mol. The second kappa shape index (κ2) is 5.74. The fourth-order valence-corrected chi connectivity index (χ4v) is 1.42. The lowest BCUT2D eigenvalue weighted by Gasteiger charge is -2.03. The lowest BCUT2D eigenvalue weighted by Crippen LogP contribution is -2.25. The summed E-state index contributed by atoms with van der Waals surface area (Å²) in [4.78, 5) is 18.7. The normalized spacial score (nSPS) is 10.1. The van der Waals surface area contributed by atoms with Crippen LogP contribution in [0.2, 0.25) is 0 Å². The van der Waals surface area contributed by atoms with Crippen LogP contribution >= 0.6 is 0 Å². The summed E-state index contributed by atoms with van der Waals surface area (Å²) in [7, 11) is 0. The number of imidazole rings is 1. The van der Waals surface area contributed by atoms with Crippen molar-refractivity contribution in [3.05, 3.63) is 42.2 Å². The zero-order chi connectivity index (χ0) is 11.9. The lowest BCUT2D eigenvalue weighted by molar-refractivity contribution is 0.0952. The van der Waals surface area contributed by atoms with E-state index in [1.807, 2.05) is 0 Å². The van der Waals surface area contributed by atoms with Crippen molar-refractivity contribution in [1.29, 1.82) is 0 Å². The summed E-state index contributed by atoms with van der Waals surface area (Å²) >= 11 is 0. The summed E-state index contributed by atoms with van der Waals surface area (Å²) < 4.78 is 0. The Kier molecular flexibility index (Phi) is 3.80. The molecule has 2 aromatic rings. The average Bonchev–Trinajstić information content (AvgIpc) is 2.88. The number of hydrogen-bond acceptors (Lipinski definition) is 4. The van der Waals surface area contributed by atoms with Crippen LogP contribution in [0.3, 0.4) is 0 Å². The maximum absolute atomic E-state index is 11.6. The summed E-state index contributed by atoms with van der Waals surface area (Å²) in [5, 5.41) is 10.1. The van der Waals surface area contributed by atoms with Crippen LogP contribution in [0.1, 0.15) is 22.6 Å². The van der Waals surface area contributed by atoms with Crippen LogP contribution in [-0.4, -0.2) is 32.6 Å². The molecule has 0 radical (unpaired) electrons. The fraction of sp³-hybridized carbons (Fsp3) is 0.273. The van der Waals surface area contributed by atoms with E-state index < -0.39 is 0 Å². The van der Waals surface area contributed by atoms with Crippen LogP contribution in [0.4, 0.5) is 0 Å². The number of H-pyrrole nitrogens is 1. The van der Waals surface area contributed by atoms with E-state index in [0.717, 1.165) is 18.7 Å². The molecule has 0 bridgehead atoms. The minimum atomic E-state index is -0.126. The van der Waals surface area contributed by atoms with Crippen molar-refractivity contribution in [2.24, 2.45) is 0 Å². The van der Waals surface area contributed by atoms with Gasteiger partial charge < -0.3 is 10.3 Å². The molecule has 6 heteroatoms. The molecule has 2 N–H and O–H groups in total. The number of nitrogens with one attached hydrogen (secondary N) is 2. The van der Waals surface area contributed by atoms with Gasteiger partial charge in [-0.3, -0.25) is 4.79 Å². The minimum Gasteiger partial charge on any atom is -0.352 e. The lowest BCUT2D eigenvalue weighted by atomic mass is 10.2. The van der Waals surface area contributed by atoms with Gasteiger partial charge in [0.15, 0.2) is 0 Å². The molecule has 0 aliphatic carbocycles. The number of aryl methyl sites for hydroxylation is 1. The Morgan fingerprint density at radius 2 is 2.29 bits per heavy atom. The van der Waals surface area contributed by atoms with E-state index in [1.165, 1.54) is 12.4 Å². The van der Waals surface area contributed by atoms with Crippen molar-refractivity contribution in [3.8, 4) is 0 Å². The summed E-state index contributed by atoms with van der Waals surface area (Å²) in [6.45, 7) is 0.613. The second-order valence-electron chi connectivity index (χ2n) is 3.53. The quantitative estimate of drug-likeness (QED) is 0.736. The minimum absolute atomic E-state index is 0.126. The molecule has 1 amide bonds.